The van der Waals surface area contributed by atoms with Crippen molar-refractivity contribution in [2.24, 2.45) is 0 Å². The van der Waals surface area contributed by atoms with Crippen LogP contribution in [0.1, 0.15) is 47.8 Å². The van der Waals surface area contributed by atoms with Gasteiger partial charge in [-0.3, -0.25) is 4.79 Å². The average Bonchev–Trinajstić information content (AvgIpc) is 3.10. The van der Waals surface area contributed by atoms with Gasteiger partial charge in [0, 0.05) is 26.2 Å². The van der Waals surface area contributed by atoms with Crippen LogP contribution in [0.25, 0.3) is 5.69 Å². The molecule has 1 aliphatic heterocycles. The quantitative estimate of drug-likeness (QED) is 0.549. The molecule has 1 fully saturated rings. The number of hydrogen-bond donors (Lipinski definition) is 0. The number of carbonyl (C=O) groups is 1. The molecular weight excluding hydrogens is 455 g/mol. The highest BCUT2D eigenvalue weighted by Crippen LogP contribution is 2.25. The van der Waals surface area contributed by atoms with E-state index in [0.717, 1.165) is 29.1 Å². The zero-order valence-corrected chi connectivity index (χ0v) is 20.4. The third-order valence-electron chi connectivity index (χ3n) is 6.06. The van der Waals surface area contributed by atoms with E-state index < -0.39 is 15.8 Å². The molecule has 1 amide bonds. The van der Waals surface area contributed by atoms with Crippen molar-refractivity contribution in [3.63, 3.8) is 0 Å². The number of benzene rings is 2. The molecule has 9 heteroatoms. The van der Waals surface area contributed by atoms with Crippen molar-refractivity contribution in [1.82, 2.24) is 19.0 Å². The smallest absolute Gasteiger partial charge is 0.257 e. The number of rotatable bonds is 5. The van der Waals surface area contributed by atoms with Crippen LogP contribution in [0.5, 0.6) is 0 Å². The van der Waals surface area contributed by atoms with Crippen LogP contribution in [0, 0.1) is 12.7 Å². The van der Waals surface area contributed by atoms with Crippen LogP contribution in [0.15, 0.2) is 59.6 Å². The number of halogens is 1. The van der Waals surface area contributed by atoms with E-state index in [-0.39, 0.29) is 29.8 Å². The van der Waals surface area contributed by atoms with Gasteiger partial charge in [0.05, 0.1) is 28.0 Å². The summed E-state index contributed by atoms with van der Waals surface area (Å²) in [5, 5.41) is 4.51. The Hall–Kier alpha value is -3.04. The highest BCUT2D eigenvalue weighted by Gasteiger charge is 2.30. The Morgan fingerprint density at radius 1 is 0.971 bits per heavy atom. The van der Waals surface area contributed by atoms with Crippen molar-refractivity contribution in [2.75, 3.05) is 26.2 Å². The molecule has 4 rings (SSSR count). The highest BCUT2D eigenvalue weighted by molar-refractivity contribution is 7.89. The van der Waals surface area contributed by atoms with Gasteiger partial charge in [-0.1, -0.05) is 31.5 Å². The van der Waals surface area contributed by atoms with Gasteiger partial charge in [-0.15, -0.1) is 0 Å². The zero-order chi connectivity index (χ0) is 24.5. The molecule has 1 aromatic heterocycles. The molecule has 180 valence electrons. The van der Waals surface area contributed by atoms with Gasteiger partial charge in [0.15, 0.2) is 0 Å². The van der Waals surface area contributed by atoms with Crippen LogP contribution in [0.2, 0.25) is 0 Å². The van der Waals surface area contributed by atoms with E-state index in [2.05, 4.69) is 5.10 Å². The normalized spacial score (nSPS) is 15.5. The zero-order valence-electron chi connectivity index (χ0n) is 19.6. The lowest BCUT2D eigenvalue weighted by Crippen LogP contribution is -2.37. The Balaban J connectivity index is 1.55. The van der Waals surface area contributed by atoms with Crippen LogP contribution in [0.3, 0.4) is 0 Å². The van der Waals surface area contributed by atoms with Gasteiger partial charge >= 0.3 is 0 Å². The summed E-state index contributed by atoms with van der Waals surface area (Å²) in [5.74, 6) is -0.577. The molecule has 1 aliphatic rings. The summed E-state index contributed by atoms with van der Waals surface area (Å²) >= 11 is 0. The standard InChI is InChI=1S/C25H29FN4O3S/c1-18(2)24-23(17-27-30(24)21-9-5-19(3)6-10-21)25(31)28-13-4-14-29(16-15-28)34(32,33)22-11-7-20(26)8-12-22/h5-12,17-18H,4,13-16H2,1-3H3. The lowest BCUT2D eigenvalue weighted by Gasteiger charge is -2.22. The van der Waals surface area contributed by atoms with Gasteiger partial charge in [0.2, 0.25) is 10.0 Å². The van der Waals surface area contributed by atoms with Crippen molar-refractivity contribution < 1.29 is 17.6 Å². The molecule has 34 heavy (non-hydrogen) atoms. The molecule has 0 spiro atoms. The molecule has 1 saturated heterocycles. The van der Waals surface area contributed by atoms with E-state index in [1.807, 2.05) is 45.0 Å². The Morgan fingerprint density at radius 2 is 1.65 bits per heavy atom. The monoisotopic (exact) mass is 484 g/mol. The second-order valence-electron chi connectivity index (χ2n) is 8.85. The van der Waals surface area contributed by atoms with Gasteiger partial charge in [0.1, 0.15) is 5.82 Å². The summed E-state index contributed by atoms with van der Waals surface area (Å²) in [4.78, 5) is 15.3. The third kappa shape index (κ3) is 4.76. The van der Waals surface area contributed by atoms with Crippen molar-refractivity contribution >= 4 is 15.9 Å². The number of amides is 1. The summed E-state index contributed by atoms with van der Waals surface area (Å²) in [5.41, 5.74) is 3.39. The molecular formula is C25H29FN4O3S. The van der Waals surface area contributed by atoms with E-state index >= 15 is 0 Å². The summed E-state index contributed by atoms with van der Waals surface area (Å²) in [6.45, 7) is 7.26. The summed E-state index contributed by atoms with van der Waals surface area (Å²) < 4.78 is 42.4. The highest BCUT2D eigenvalue weighted by atomic mass is 32.2. The van der Waals surface area contributed by atoms with Gasteiger partial charge < -0.3 is 4.90 Å². The number of nitrogens with zero attached hydrogens (tertiary/aromatic N) is 4. The van der Waals surface area contributed by atoms with Crippen LogP contribution >= 0.6 is 0 Å². The third-order valence-corrected chi connectivity index (χ3v) is 7.97. The Morgan fingerprint density at radius 3 is 2.29 bits per heavy atom. The summed E-state index contributed by atoms with van der Waals surface area (Å²) in [6, 6.07) is 12.8. The van der Waals surface area contributed by atoms with Crippen LogP contribution in [-0.4, -0.2) is 59.5 Å². The Labute approximate surface area is 199 Å². The molecule has 3 aromatic rings. The van der Waals surface area contributed by atoms with Gasteiger partial charge in [-0.05, 0) is 55.7 Å². The van der Waals surface area contributed by atoms with Crippen molar-refractivity contribution in [3.05, 3.63) is 77.4 Å². The maximum Gasteiger partial charge on any atom is 0.257 e. The number of sulfonamides is 1. The fourth-order valence-electron chi connectivity index (χ4n) is 4.23. The van der Waals surface area contributed by atoms with Gasteiger partial charge in [-0.25, -0.2) is 17.5 Å². The van der Waals surface area contributed by atoms with E-state index in [4.69, 9.17) is 0 Å². The number of aryl methyl sites for hydroxylation is 1. The lowest BCUT2D eigenvalue weighted by atomic mass is 10.0. The summed E-state index contributed by atoms with van der Waals surface area (Å²) in [6.07, 6.45) is 2.12. The molecule has 7 nitrogen and oxygen atoms in total. The van der Waals surface area contributed by atoms with Gasteiger partial charge in [-0.2, -0.15) is 9.40 Å². The largest absolute Gasteiger partial charge is 0.337 e. The SMILES string of the molecule is Cc1ccc(-n2ncc(C(=O)N3CCCN(S(=O)(=O)c4ccc(F)cc4)CC3)c2C(C)C)cc1. The number of carbonyl (C=O) groups excluding carboxylic acids is 1. The minimum absolute atomic E-state index is 0.0511. The van der Waals surface area contributed by atoms with Crippen molar-refractivity contribution in [2.45, 2.75) is 38.0 Å². The molecule has 0 unspecified atom stereocenters. The van der Waals surface area contributed by atoms with Crippen LogP contribution < -0.4 is 0 Å². The van der Waals surface area contributed by atoms with E-state index in [1.165, 1.54) is 16.4 Å². The fraction of sp³-hybridized carbons (Fsp3) is 0.360. The molecule has 0 bridgehead atoms. The first-order valence-corrected chi connectivity index (χ1v) is 12.8. The second kappa shape index (κ2) is 9.68. The summed E-state index contributed by atoms with van der Waals surface area (Å²) in [7, 11) is -3.76. The number of hydrogen-bond acceptors (Lipinski definition) is 4. The lowest BCUT2D eigenvalue weighted by molar-refractivity contribution is 0.0762. The van der Waals surface area contributed by atoms with E-state index in [1.54, 1.807) is 15.8 Å². The topological polar surface area (TPSA) is 75.5 Å². The number of aromatic nitrogens is 2. The maximum atomic E-state index is 13.5. The molecule has 0 radical (unpaired) electrons. The molecule has 0 aliphatic carbocycles. The first-order valence-electron chi connectivity index (χ1n) is 11.4. The first-order chi connectivity index (χ1) is 16.2. The van der Waals surface area contributed by atoms with Crippen molar-refractivity contribution in [1.29, 1.82) is 0 Å². The predicted octanol–water partition coefficient (Wildman–Crippen LogP) is 3.98. The Bertz CT molecular complexity index is 1270. The predicted molar refractivity (Wildman–Crippen MR) is 128 cm³/mol. The van der Waals surface area contributed by atoms with E-state index in [0.29, 0.717) is 25.1 Å². The van der Waals surface area contributed by atoms with Crippen LogP contribution in [-0.2, 0) is 10.0 Å². The first kappa shape index (κ1) is 24.1. The fourth-order valence-corrected chi connectivity index (χ4v) is 5.70. The molecule has 0 atom stereocenters. The second-order valence-corrected chi connectivity index (χ2v) is 10.8. The molecule has 0 N–H and O–H groups in total. The molecule has 2 aromatic carbocycles. The Kier molecular flexibility index (Phi) is 6.86. The van der Waals surface area contributed by atoms with E-state index in [9.17, 15) is 17.6 Å². The minimum atomic E-state index is -3.76. The van der Waals surface area contributed by atoms with Crippen LogP contribution in [0.4, 0.5) is 4.39 Å². The van der Waals surface area contributed by atoms with Crippen molar-refractivity contribution in [3.8, 4) is 5.69 Å². The maximum absolute atomic E-state index is 13.5. The average molecular weight is 485 g/mol. The van der Waals surface area contributed by atoms with Gasteiger partial charge in [0.25, 0.3) is 5.91 Å². The molecule has 2 heterocycles. The minimum Gasteiger partial charge on any atom is -0.337 e. The molecule has 0 saturated carbocycles.